The monoisotopic (exact) mass is 253 g/mol. The van der Waals surface area contributed by atoms with Gasteiger partial charge in [0.2, 0.25) is 0 Å². The van der Waals surface area contributed by atoms with Crippen LogP contribution in [0.4, 0.5) is 9.18 Å². The summed E-state index contributed by atoms with van der Waals surface area (Å²) >= 11 is 0. The minimum atomic E-state index is -0.597. The second kappa shape index (κ2) is 6.00. The highest BCUT2D eigenvalue weighted by atomic mass is 19.1. The average molecular weight is 253 g/mol. The molecule has 0 aliphatic rings. The van der Waals surface area contributed by atoms with E-state index in [1.807, 2.05) is 0 Å². The van der Waals surface area contributed by atoms with E-state index < -0.39 is 11.9 Å². The molecule has 1 aromatic rings. The molecule has 0 saturated heterocycles. The summed E-state index contributed by atoms with van der Waals surface area (Å²) in [5, 5.41) is 9.60. The zero-order valence-corrected chi connectivity index (χ0v) is 10.3. The van der Waals surface area contributed by atoms with Crippen molar-refractivity contribution < 1.29 is 13.9 Å². The predicted molar refractivity (Wildman–Crippen MR) is 65.9 cm³/mol. The summed E-state index contributed by atoms with van der Waals surface area (Å²) < 4.78 is 18.4. The molecule has 0 spiro atoms. The molecule has 0 radical (unpaired) electrons. The lowest BCUT2D eigenvalue weighted by atomic mass is 10.1. The molecule has 98 valence electrons. The summed E-state index contributed by atoms with van der Waals surface area (Å²) in [5.74, 6) is -0.722. The number of carbonyl (C=O) groups excluding carboxylic acids is 1. The van der Waals surface area contributed by atoms with Crippen LogP contribution in [0, 0.1) is 11.2 Å². The first kappa shape index (κ1) is 14.0. The fourth-order valence-corrected chi connectivity index (χ4v) is 1.28. The molecule has 1 amide bonds. The maximum Gasteiger partial charge on any atom is 0.407 e. The van der Waals surface area contributed by atoms with E-state index in [0.29, 0.717) is 11.1 Å². The van der Waals surface area contributed by atoms with Crippen LogP contribution in [0.25, 0.3) is 0 Å². The fourth-order valence-electron chi connectivity index (χ4n) is 1.28. The highest BCUT2D eigenvalue weighted by molar-refractivity contribution is 5.94. The minimum absolute atomic E-state index is 0.0234. The van der Waals surface area contributed by atoms with Gasteiger partial charge in [-0.2, -0.15) is 0 Å². The van der Waals surface area contributed by atoms with Gasteiger partial charge in [-0.3, -0.25) is 5.41 Å². The van der Waals surface area contributed by atoms with Crippen molar-refractivity contribution in [3.63, 3.8) is 0 Å². The highest BCUT2D eigenvalue weighted by Crippen LogP contribution is 2.10. The maximum absolute atomic E-state index is 13.6. The molecule has 0 saturated carbocycles. The van der Waals surface area contributed by atoms with E-state index in [-0.39, 0.29) is 18.5 Å². The average Bonchev–Trinajstić information content (AvgIpc) is 2.26. The summed E-state index contributed by atoms with van der Waals surface area (Å²) in [7, 11) is 0. The largest absolute Gasteiger partial charge is 0.447 e. The van der Waals surface area contributed by atoms with Crippen LogP contribution in [0.2, 0.25) is 0 Å². The highest BCUT2D eigenvalue weighted by Gasteiger charge is 2.08. The third-order valence-corrected chi connectivity index (χ3v) is 2.13. The van der Waals surface area contributed by atoms with Gasteiger partial charge in [0.1, 0.15) is 11.7 Å². The molecular formula is C12H16FN3O2. The van der Waals surface area contributed by atoms with Crippen LogP contribution >= 0.6 is 0 Å². The number of rotatable bonds is 4. The summed E-state index contributed by atoms with van der Waals surface area (Å²) in [6.07, 6.45) is -0.824. The van der Waals surface area contributed by atoms with Gasteiger partial charge < -0.3 is 15.8 Å². The van der Waals surface area contributed by atoms with Crippen molar-refractivity contribution in [2.75, 3.05) is 0 Å². The first-order valence-corrected chi connectivity index (χ1v) is 5.47. The zero-order chi connectivity index (χ0) is 13.7. The lowest BCUT2D eigenvalue weighted by Gasteiger charge is -2.10. The van der Waals surface area contributed by atoms with E-state index in [1.165, 1.54) is 12.1 Å². The van der Waals surface area contributed by atoms with E-state index in [2.05, 4.69) is 5.32 Å². The lowest BCUT2D eigenvalue weighted by molar-refractivity contribution is 0.115. The van der Waals surface area contributed by atoms with Crippen molar-refractivity contribution in [2.24, 2.45) is 5.73 Å². The number of benzene rings is 1. The Balaban J connectivity index is 2.63. The summed E-state index contributed by atoms with van der Waals surface area (Å²) in [6.45, 7) is 3.47. The molecule has 4 N–H and O–H groups in total. The number of ether oxygens (including phenoxy) is 1. The Labute approximate surface area is 105 Å². The van der Waals surface area contributed by atoms with Crippen molar-refractivity contribution in [1.82, 2.24) is 5.32 Å². The number of amides is 1. The second-order valence-corrected chi connectivity index (χ2v) is 4.03. The molecule has 0 aromatic heterocycles. The second-order valence-electron chi connectivity index (χ2n) is 4.03. The molecule has 0 unspecified atom stereocenters. The summed E-state index contributed by atoms with van der Waals surface area (Å²) in [6, 6.07) is 4.16. The van der Waals surface area contributed by atoms with Crippen LogP contribution in [-0.4, -0.2) is 18.0 Å². The molecule has 6 heteroatoms. The number of halogens is 1. The van der Waals surface area contributed by atoms with E-state index in [1.54, 1.807) is 13.8 Å². The molecule has 0 bridgehead atoms. The third-order valence-electron chi connectivity index (χ3n) is 2.13. The van der Waals surface area contributed by atoms with Crippen LogP contribution in [-0.2, 0) is 11.3 Å². The van der Waals surface area contributed by atoms with Gasteiger partial charge in [-0.25, -0.2) is 9.18 Å². The Morgan fingerprint density at radius 2 is 2.22 bits per heavy atom. The van der Waals surface area contributed by atoms with Gasteiger partial charge in [0.25, 0.3) is 0 Å². The number of hydrogen-bond donors (Lipinski definition) is 3. The minimum Gasteiger partial charge on any atom is -0.447 e. The normalized spacial score (nSPS) is 10.2. The van der Waals surface area contributed by atoms with Gasteiger partial charge in [-0.05, 0) is 19.9 Å². The number of carbonyl (C=O) groups is 1. The van der Waals surface area contributed by atoms with Gasteiger partial charge in [-0.15, -0.1) is 0 Å². The van der Waals surface area contributed by atoms with Crippen molar-refractivity contribution in [3.05, 3.63) is 35.1 Å². The molecule has 5 nitrogen and oxygen atoms in total. The maximum atomic E-state index is 13.6. The Hall–Kier alpha value is -2.11. The van der Waals surface area contributed by atoms with Crippen molar-refractivity contribution in [3.8, 4) is 0 Å². The van der Waals surface area contributed by atoms with Crippen molar-refractivity contribution in [2.45, 2.75) is 26.5 Å². The number of amidine groups is 1. The van der Waals surface area contributed by atoms with E-state index in [9.17, 15) is 9.18 Å². The third kappa shape index (κ3) is 4.04. The number of nitrogens with two attached hydrogens (primary N) is 1. The van der Waals surface area contributed by atoms with Gasteiger partial charge in [0.15, 0.2) is 0 Å². The molecule has 1 rings (SSSR count). The summed E-state index contributed by atoms with van der Waals surface area (Å²) in [5.41, 5.74) is 5.85. The Kier molecular flexibility index (Phi) is 4.65. The van der Waals surface area contributed by atoms with E-state index in [0.717, 1.165) is 6.07 Å². The zero-order valence-electron chi connectivity index (χ0n) is 10.3. The van der Waals surface area contributed by atoms with Gasteiger partial charge in [0, 0.05) is 17.7 Å². The number of nitrogen functional groups attached to an aromatic ring is 1. The number of nitrogens with one attached hydrogen (secondary N) is 2. The molecule has 0 aliphatic heterocycles. The lowest BCUT2D eigenvalue weighted by Crippen LogP contribution is -2.26. The van der Waals surface area contributed by atoms with Gasteiger partial charge >= 0.3 is 6.09 Å². The Morgan fingerprint density at radius 1 is 1.56 bits per heavy atom. The fraction of sp³-hybridized carbons (Fsp3) is 0.333. The first-order chi connectivity index (χ1) is 8.40. The topological polar surface area (TPSA) is 88.2 Å². The van der Waals surface area contributed by atoms with Crippen LogP contribution in [0.15, 0.2) is 18.2 Å². The molecule has 0 atom stereocenters. The van der Waals surface area contributed by atoms with Crippen LogP contribution < -0.4 is 11.1 Å². The SMILES string of the molecule is CC(C)OC(=O)NCc1ccc(C(=N)N)cc1F. The predicted octanol–water partition coefficient (Wildman–Crippen LogP) is 1.74. The standard InChI is InChI=1S/C12H16FN3O2/c1-7(2)18-12(17)16-6-9-4-3-8(11(14)15)5-10(9)13/h3-5,7H,6H2,1-2H3,(H3,14,15)(H,16,17). The molecule has 1 aromatic carbocycles. The van der Waals surface area contributed by atoms with Crippen molar-refractivity contribution >= 4 is 11.9 Å². The number of alkyl carbamates (subject to hydrolysis) is 1. The van der Waals surface area contributed by atoms with E-state index >= 15 is 0 Å². The quantitative estimate of drug-likeness (QED) is 0.564. The van der Waals surface area contributed by atoms with Crippen LogP contribution in [0.1, 0.15) is 25.0 Å². The Bertz CT molecular complexity index is 461. The summed E-state index contributed by atoms with van der Waals surface area (Å²) in [4.78, 5) is 11.2. The Morgan fingerprint density at radius 3 is 2.72 bits per heavy atom. The molecule has 0 heterocycles. The molecule has 0 aliphatic carbocycles. The molecule has 0 fully saturated rings. The van der Waals surface area contributed by atoms with Gasteiger partial charge in [-0.1, -0.05) is 12.1 Å². The van der Waals surface area contributed by atoms with E-state index in [4.69, 9.17) is 15.9 Å². The molecular weight excluding hydrogens is 237 g/mol. The smallest absolute Gasteiger partial charge is 0.407 e. The molecule has 18 heavy (non-hydrogen) atoms. The van der Waals surface area contributed by atoms with Crippen LogP contribution in [0.3, 0.4) is 0 Å². The van der Waals surface area contributed by atoms with Crippen LogP contribution in [0.5, 0.6) is 0 Å². The van der Waals surface area contributed by atoms with Crippen molar-refractivity contribution in [1.29, 1.82) is 5.41 Å². The van der Waals surface area contributed by atoms with Gasteiger partial charge in [0.05, 0.1) is 6.10 Å². The first-order valence-electron chi connectivity index (χ1n) is 5.47. The number of hydrogen-bond acceptors (Lipinski definition) is 3.